The van der Waals surface area contributed by atoms with Gasteiger partial charge in [0.05, 0.1) is 12.0 Å². The van der Waals surface area contributed by atoms with Gasteiger partial charge in [-0.25, -0.2) is 4.79 Å². The smallest absolute Gasteiger partial charge is 0.407 e. The third-order valence-corrected chi connectivity index (χ3v) is 5.24. The zero-order valence-electron chi connectivity index (χ0n) is 16.6. The highest BCUT2D eigenvalue weighted by molar-refractivity contribution is 5.81. The van der Waals surface area contributed by atoms with Gasteiger partial charge in [0.1, 0.15) is 18.4 Å². The number of phenols is 1. The first kappa shape index (κ1) is 21.2. The van der Waals surface area contributed by atoms with Crippen molar-refractivity contribution in [1.29, 1.82) is 5.26 Å². The molecule has 7 heteroatoms. The molecule has 156 valence electrons. The molecule has 0 heterocycles. The molecule has 0 aromatic heterocycles. The van der Waals surface area contributed by atoms with E-state index in [2.05, 4.69) is 16.7 Å². The van der Waals surface area contributed by atoms with Gasteiger partial charge in [-0.1, -0.05) is 55.3 Å². The van der Waals surface area contributed by atoms with Gasteiger partial charge in [0, 0.05) is 6.04 Å². The summed E-state index contributed by atoms with van der Waals surface area (Å²) in [4.78, 5) is 25.1. The van der Waals surface area contributed by atoms with Crippen molar-refractivity contribution in [2.75, 3.05) is 0 Å². The monoisotopic (exact) mass is 407 g/mol. The van der Waals surface area contributed by atoms with Crippen LogP contribution in [0, 0.1) is 17.2 Å². The highest BCUT2D eigenvalue weighted by Gasteiger charge is 2.33. The number of nitrogens with zero attached hydrogens (tertiary/aromatic N) is 1. The number of carbonyl (C=O) groups excluding carboxylic acids is 2. The molecule has 3 N–H and O–H groups in total. The van der Waals surface area contributed by atoms with Crippen LogP contribution in [0.4, 0.5) is 4.79 Å². The summed E-state index contributed by atoms with van der Waals surface area (Å²) in [6.07, 6.45) is 2.50. The second kappa shape index (κ2) is 10.3. The zero-order valence-corrected chi connectivity index (χ0v) is 16.6. The lowest BCUT2D eigenvalue weighted by atomic mass is 9.83. The van der Waals surface area contributed by atoms with Crippen LogP contribution in [0.1, 0.15) is 42.9 Å². The summed E-state index contributed by atoms with van der Waals surface area (Å²) in [6, 6.07) is 16.4. The van der Waals surface area contributed by atoms with Crippen LogP contribution in [0.25, 0.3) is 0 Å². The van der Waals surface area contributed by atoms with Crippen molar-refractivity contribution in [2.45, 2.75) is 44.4 Å². The number of rotatable bonds is 6. The normalized spacial score (nSPS) is 19.2. The Morgan fingerprint density at radius 2 is 1.90 bits per heavy atom. The van der Waals surface area contributed by atoms with Gasteiger partial charge < -0.3 is 20.5 Å². The molecule has 2 amide bonds. The predicted octanol–water partition coefficient (Wildman–Crippen LogP) is 3.56. The van der Waals surface area contributed by atoms with Crippen LogP contribution in [0.2, 0.25) is 0 Å². The van der Waals surface area contributed by atoms with E-state index in [4.69, 9.17) is 4.74 Å². The molecule has 0 bridgehead atoms. The Bertz CT molecular complexity index is 910. The quantitative estimate of drug-likeness (QED) is 0.678. The predicted molar refractivity (Wildman–Crippen MR) is 110 cm³/mol. The van der Waals surface area contributed by atoms with Crippen LogP contribution < -0.4 is 10.6 Å². The van der Waals surface area contributed by atoms with E-state index in [1.54, 1.807) is 12.1 Å². The van der Waals surface area contributed by atoms with Gasteiger partial charge in [-0.2, -0.15) is 5.26 Å². The maximum absolute atomic E-state index is 12.9. The van der Waals surface area contributed by atoms with Gasteiger partial charge in [0.15, 0.2) is 0 Å². The standard InChI is InChI=1S/C23H25N3O4/c24-14-21(17-9-6-10-18(27)13-17)25-22(28)19-11-4-5-12-20(19)26-23(29)30-15-16-7-2-1-3-8-16/h1-3,6-10,13,19-21,27H,4-5,11-12,15H2,(H,25,28)(H,26,29)/t19-,20-,21?/m1/s1. The molecule has 30 heavy (non-hydrogen) atoms. The van der Waals surface area contributed by atoms with Gasteiger partial charge >= 0.3 is 6.09 Å². The number of aromatic hydroxyl groups is 1. The van der Waals surface area contributed by atoms with Crippen molar-refractivity contribution in [3.63, 3.8) is 0 Å². The fourth-order valence-corrected chi connectivity index (χ4v) is 3.68. The lowest BCUT2D eigenvalue weighted by molar-refractivity contribution is -0.127. The highest BCUT2D eigenvalue weighted by Crippen LogP contribution is 2.26. The van der Waals surface area contributed by atoms with Crippen LogP contribution in [0.15, 0.2) is 54.6 Å². The molecule has 0 spiro atoms. The summed E-state index contributed by atoms with van der Waals surface area (Å²) in [5, 5.41) is 24.7. The first-order chi connectivity index (χ1) is 14.6. The van der Waals surface area contributed by atoms with E-state index in [0.717, 1.165) is 18.4 Å². The summed E-state index contributed by atoms with van der Waals surface area (Å²) in [7, 11) is 0. The fourth-order valence-electron chi connectivity index (χ4n) is 3.68. The second-order valence-electron chi connectivity index (χ2n) is 7.37. The van der Waals surface area contributed by atoms with Crippen LogP contribution >= 0.6 is 0 Å². The Labute approximate surface area is 175 Å². The van der Waals surface area contributed by atoms with Crippen LogP contribution in [0.3, 0.4) is 0 Å². The van der Waals surface area contributed by atoms with E-state index >= 15 is 0 Å². The third-order valence-electron chi connectivity index (χ3n) is 5.24. The minimum Gasteiger partial charge on any atom is -0.508 e. The number of ether oxygens (including phenoxy) is 1. The summed E-state index contributed by atoms with van der Waals surface area (Å²) in [5.74, 6) is -0.713. The van der Waals surface area contributed by atoms with Gasteiger partial charge in [-0.3, -0.25) is 4.79 Å². The van der Waals surface area contributed by atoms with Crippen LogP contribution in [-0.4, -0.2) is 23.1 Å². The molecule has 2 aromatic rings. The molecule has 0 radical (unpaired) electrons. The topological polar surface area (TPSA) is 111 Å². The number of phenolic OH excluding ortho intramolecular Hbond substituents is 1. The SMILES string of the molecule is N#CC(NC(=O)[C@@H]1CCCC[C@H]1NC(=O)OCc1ccccc1)c1cccc(O)c1. The first-order valence-electron chi connectivity index (χ1n) is 10.0. The summed E-state index contributed by atoms with van der Waals surface area (Å²) in [6.45, 7) is 0.157. The van der Waals surface area contributed by atoms with Crippen molar-refractivity contribution in [3.05, 3.63) is 65.7 Å². The van der Waals surface area contributed by atoms with Crippen molar-refractivity contribution < 1.29 is 19.4 Å². The Morgan fingerprint density at radius 1 is 1.13 bits per heavy atom. The number of hydrogen-bond donors (Lipinski definition) is 3. The number of amides is 2. The van der Waals surface area contributed by atoms with Crippen LogP contribution in [0.5, 0.6) is 5.75 Å². The minimum absolute atomic E-state index is 0.0281. The molecule has 1 aliphatic carbocycles. The van der Waals surface area contributed by atoms with Crippen molar-refractivity contribution in [2.24, 2.45) is 5.92 Å². The van der Waals surface area contributed by atoms with Crippen molar-refractivity contribution in [3.8, 4) is 11.8 Å². The highest BCUT2D eigenvalue weighted by atomic mass is 16.5. The number of nitrogens with one attached hydrogen (secondary N) is 2. The van der Waals surface area contributed by atoms with E-state index < -0.39 is 18.1 Å². The molecular formula is C23H25N3O4. The minimum atomic E-state index is -0.878. The molecule has 1 saturated carbocycles. The molecule has 1 fully saturated rings. The maximum atomic E-state index is 12.9. The van der Waals surface area contributed by atoms with Gasteiger partial charge in [0.25, 0.3) is 0 Å². The van der Waals surface area contributed by atoms with E-state index in [1.807, 2.05) is 30.3 Å². The molecule has 0 saturated heterocycles. The Morgan fingerprint density at radius 3 is 2.63 bits per heavy atom. The lowest BCUT2D eigenvalue weighted by Crippen LogP contribution is -2.49. The maximum Gasteiger partial charge on any atom is 0.407 e. The van der Waals surface area contributed by atoms with Crippen molar-refractivity contribution in [1.82, 2.24) is 10.6 Å². The van der Waals surface area contributed by atoms with Gasteiger partial charge in [-0.15, -0.1) is 0 Å². The second-order valence-corrected chi connectivity index (χ2v) is 7.37. The molecule has 7 nitrogen and oxygen atoms in total. The molecular weight excluding hydrogens is 382 g/mol. The summed E-state index contributed by atoms with van der Waals surface area (Å²) in [5.41, 5.74) is 1.39. The summed E-state index contributed by atoms with van der Waals surface area (Å²) < 4.78 is 5.28. The van der Waals surface area contributed by atoms with Crippen molar-refractivity contribution >= 4 is 12.0 Å². The van der Waals surface area contributed by atoms with E-state index in [1.165, 1.54) is 12.1 Å². The first-order valence-corrected chi connectivity index (χ1v) is 10.0. The molecule has 1 aliphatic rings. The number of carbonyl (C=O) groups is 2. The molecule has 2 aromatic carbocycles. The lowest BCUT2D eigenvalue weighted by Gasteiger charge is -2.31. The Hall–Kier alpha value is -3.53. The molecule has 3 rings (SSSR count). The third kappa shape index (κ3) is 5.74. The zero-order chi connectivity index (χ0) is 21.3. The number of hydrogen-bond acceptors (Lipinski definition) is 5. The van der Waals surface area contributed by atoms with Crippen LogP contribution in [-0.2, 0) is 16.1 Å². The number of benzene rings is 2. The van der Waals surface area contributed by atoms with Gasteiger partial charge in [-0.05, 0) is 36.1 Å². The average Bonchev–Trinajstić information content (AvgIpc) is 2.77. The van der Waals surface area contributed by atoms with E-state index in [0.29, 0.717) is 18.4 Å². The number of nitriles is 1. The molecule has 1 unspecified atom stereocenters. The Kier molecular flexibility index (Phi) is 7.28. The van der Waals surface area contributed by atoms with E-state index in [-0.39, 0.29) is 24.3 Å². The molecule has 3 atom stereocenters. The number of alkyl carbamates (subject to hydrolysis) is 1. The largest absolute Gasteiger partial charge is 0.508 e. The Balaban J connectivity index is 1.59. The fraction of sp³-hybridized carbons (Fsp3) is 0.348. The van der Waals surface area contributed by atoms with E-state index in [9.17, 15) is 20.0 Å². The van der Waals surface area contributed by atoms with Gasteiger partial charge in [0.2, 0.25) is 5.91 Å². The average molecular weight is 407 g/mol. The summed E-state index contributed by atoms with van der Waals surface area (Å²) >= 11 is 0. The molecule has 0 aliphatic heterocycles.